The molecule has 1 aliphatic rings. The molecule has 1 aromatic rings. The molecule has 1 unspecified atom stereocenters. The molecule has 94 valence electrons. The van der Waals surface area contributed by atoms with Gasteiger partial charge in [-0.05, 0) is 13.3 Å². The summed E-state index contributed by atoms with van der Waals surface area (Å²) in [7, 11) is 0. The van der Waals surface area contributed by atoms with Crippen molar-refractivity contribution in [3.8, 4) is 0 Å². The predicted molar refractivity (Wildman–Crippen MR) is 68.6 cm³/mol. The summed E-state index contributed by atoms with van der Waals surface area (Å²) in [6, 6.07) is 0. The molecule has 17 heavy (non-hydrogen) atoms. The second-order valence-electron chi connectivity index (χ2n) is 4.18. The summed E-state index contributed by atoms with van der Waals surface area (Å²) in [6.45, 7) is 4.68. The van der Waals surface area contributed by atoms with Crippen molar-refractivity contribution in [1.29, 1.82) is 0 Å². The number of nitrogens with zero attached hydrogens (tertiary/aromatic N) is 3. The van der Waals surface area contributed by atoms with Gasteiger partial charge in [0, 0.05) is 32.2 Å². The maximum absolute atomic E-state index is 9.13. The lowest BCUT2D eigenvalue weighted by Gasteiger charge is -2.18. The molecule has 2 heterocycles. The first-order valence-corrected chi connectivity index (χ1v) is 6.24. The minimum atomic E-state index is 0.221. The van der Waals surface area contributed by atoms with Crippen LogP contribution in [0.15, 0.2) is 6.20 Å². The zero-order valence-corrected chi connectivity index (χ0v) is 10.6. The summed E-state index contributed by atoms with van der Waals surface area (Å²) in [5.41, 5.74) is 0. The number of halogens is 1. The van der Waals surface area contributed by atoms with E-state index in [1.54, 1.807) is 6.20 Å². The van der Waals surface area contributed by atoms with Crippen LogP contribution in [0, 0.1) is 5.92 Å². The highest BCUT2D eigenvalue weighted by Gasteiger charge is 2.24. The zero-order valence-electron chi connectivity index (χ0n) is 9.86. The van der Waals surface area contributed by atoms with Crippen LogP contribution in [0.2, 0.25) is 5.02 Å². The fraction of sp³-hybridized carbons (Fsp3) is 0.636. The highest BCUT2D eigenvalue weighted by molar-refractivity contribution is 6.32. The minimum absolute atomic E-state index is 0.221. The van der Waals surface area contributed by atoms with E-state index in [4.69, 9.17) is 16.7 Å². The summed E-state index contributed by atoms with van der Waals surface area (Å²) in [5.74, 6) is 1.68. The van der Waals surface area contributed by atoms with Gasteiger partial charge in [-0.15, -0.1) is 0 Å². The number of rotatable bonds is 4. The molecule has 1 saturated heterocycles. The average Bonchev–Trinajstić information content (AvgIpc) is 2.80. The van der Waals surface area contributed by atoms with Gasteiger partial charge in [-0.2, -0.15) is 4.98 Å². The molecule has 0 spiro atoms. The highest BCUT2D eigenvalue weighted by Crippen LogP contribution is 2.28. The summed E-state index contributed by atoms with van der Waals surface area (Å²) in [4.78, 5) is 10.6. The van der Waals surface area contributed by atoms with E-state index in [9.17, 15) is 0 Å². The van der Waals surface area contributed by atoms with Crippen molar-refractivity contribution in [2.24, 2.45) is 5.92 Å². The van der Waals surface area contributed by atoms with Crippen LogP contribution >= 0.6 is 11.6 Å². The summed E-state index contributed by atoms with van der Waals surface area (Å²) < 4.78 is 0. The Morgan fingerprint density at radius 1 is 1.65 bits per heavy atom. The Morgan fingerprint density at radius 2 is 2.47 bits per heavy atom. The van der Waals surface area contributed by atoms with Crippen molar-refractivity contribution in [3.63, 3.8) is 0 Å². The van der Waals surface area contributed by atoms with Crippen LogP contribution in [-0.2, 0) is 0 Å². The molecule has 1 fully saturated rings. The zero-order chi connectivity index (χ0) is 12.3. The lowest BCUT2D eigenvalue weighted by Crippen LogP contribution is -2.22. The molecule has 0 aliphatic carbocycles. The number of aromatic nitrogens is 2. The van der Waals surface area contributed by atoms with E-state index in [-0.39, 0.29) is 6.61 Å². The molecule has 0 bridgehead atoms. The first kappa shape index (κ1) is 12.4. The van der Waals surface area contributed by atoms with Gasteiger partial charge in [0.15, 0.2) is 5.82 Å². The van der Waals surface area contributed by atoms with Gasteiger partial charge in [0.25, 0.3) is 0 Å². The normalized spacial score (nSPS) is 19.7. The van der Waals surface area contributed by atoms with Gasteiger partial charge in [0.2, 0.25) is 5.95 Å². The first-order chi connectivity index (χ1) is 8.24. The molecule has 0 radical (unpaired) electrons. The Hall–Kier alpha value is -1.07. The van der Waals surface area contributed by atoms with Gasteiger partial charge >= 0.3 is 0 Å². The molecule has 0 amide bonds. The van der Waals surface area contributed by atoms with E-state index in [0.717, 1.165) is 31.9 Å². The first-order valence-electron chi connectivity index (χ1n) is 5.86. The smallest absolute Gasteiger partial charge is 0.224 e. The van der Waals surface area contributed by atoms with E-state index < -0.39 is 0 Å². The molecule has 0 aromatic carbocycles. The monoisotopic (exact) mass is 256 g/mol. The Labute approximate surface area is 106 Å². The molecule has 1 aliphatic heterocycles. The molecular weight excluding hydrogens is 240 g/mol. The van der Waals surface area contributed by atoms with Crippen molar-refractivity contribution in [3.05, 3.63) is 11.2 Å². The van der Waals surface area contributed by atoms with Crippen LogP contribution in [0.4, 0.5) is 11.8 Å². The third kappa shape index (κ3) is 2.79. The lowest BCUT2D eigenvalue weighted by atomic mass is 10.1. The Morgan fingerprint density at radius 3 is 3.12 bits per heavy atom. The van der Waals surface area contributed by atoms with Crippen molar-refractivity contribution < 1.29 is 5.11 Å². The molecule has 5 nitrogen and oxygen atoms in total. The highest BCUT2D eigenvalue weighted by atomic mass is 35.5. The van der Waals surface area contributed by atoms with Crippen LogP contribution in [0.25, 0.3) is 0 Å². The van der Waals surface area contributed by atoms with Crippen molar-refractivity contribution >= 4 is 23.4 Å². The molecule has 2 N–H and O–H groups in total. The largest absolute Gasteiger partial charge is 0.396 e. The average molecular weight is 257 g/mol. The van der Waals surface area contributed by atoms with Gasteiger partial charge < -0.3 is 15.3 Å². The van der Waals surface area contributed by atoms with Crippen molar-refractivity contribution in [2.45, 2.75) is 13.3 Å². The summed E-state index contributed by atoms with van der Waals surface area (Å²) >= 11 is 6.11. The third-order valence-electron chi connectivity index (χ3n) is 2.90. The fourth-order valence-corrected chi connectivity index (χ4v) is 2.21. The molecular formula is C11H17ClN4O. The lowest BCUT2D eigenvalue weighted by molar-refractivity contribution is 0.238. The molecule has 2 rings (SSSR count). The van der Waals surface area contributed by atoms with E-state index in [2.05, 4.69) is 20.2 Å². The van der Waals surface area contributed by atoms with Gasteiger partial charge in [-0.3, -0.25) is 0 Å². The summed E-state index contributed by atoms with van der Waals surface area (Å²) in [6.07, 6.45) is 2.60. The maximum atomic E-state index is 9.13. The Kier molecular flexibility index (Phi) is 4.02. The third-order valence-corrected chi connectivity index (χ3v) is 3.17. The number of nitrogens with one attached hydrogen (secondary N) is 1. The SMILES string of the molecule is CCNc1ncc(Cl)c(N2CCC(CO)C2)n1. The maximum Gasteiger partial charge on any atom is 0.224 e. The van der Waals surface area contributed by atoms with Gasteiger partial charge in [0.05, 0.1) is 6.20 Å². The van der Waals surface area contributed by atoms with Gasteiger partial charge in [-0.25, -0.2) is 4.98 Å². The number of hydrogen-bond acceptors (Lipinski definition) is 5. The van der Waals surface area contributed by atoms with Crippen molar-refractivity contribution in [2.75, 3.05) is 36.5 Å². The summed E-state index contributed by atoms with van der Waals surface area (Å²) in [5, 5.41) is 12.8. The van der Waals surface area contributed by atoms with Crippen LogP contribution in [0.3, 0.4) is 0 Å². The van der Waals surface area contributed by atoms with E-state index in [1.807, 2.05) is 6.92 Å². The number of hydrogen-bond donors (Lipinski definition) is 2. The Bertz CT molecular complexity index is 388. The molecule has 0 saturated carbocycles. The van der Waals surface area contributed by atoms with Gasteiger partial charge in [-0.1, -0.05) is 11.6 Å². The predicted octanol–water partition coefficient (Wildman–Crippen LogP) is 1.38. The second-order valence-corrected chi connectivity index (χ2v) is 4.59. The molecule has 1 atom stereocenters. The van der Waals surface area contributed by atoms with E-state index >= 15 is 0 Å². The van der Waals surface area contributed by atoms with Crippen molar-refractivity contribution in [1.82, 2.24) is 9.97 Å². The Balaban J connectivity index is 2.16. The van der Waals surface area contributed by atoms with Gasteiger partial charge in [0.1, 0.15) is 5.02 Å². The topological polar surface area (TPSA) is 61.3 Å². The second kappa shape index (κ2) is 5.51. The number of anilines is 2. The molecule has 1 aromatic heterocycles. The molecule has 6 heteroatoms. The van der Waals surface area contributed by atoms with Crippen LogP contribution in [0.1, 0.15) is 13.3 Å². The number of aliphatic hydroxyl groups excluding tert-OH is 1. The van der Waals surface area contributed by atoms with Crippen LogP contribution in [-0.4, -0.2) is 41.3 Å². The van der Waals surface area contributed by atoms with E-state index in [1.165, 1.54) is 0 Å². The number of aliphatic hydroxyl groups is 1. The van der Waals surface area contributed by atoms with Crippen LogP contribution < -0.4 is 10.2 Å². The quantitative estimate of drug-likeness (QED) is 0.852. The van der Waals surface area contributed by atoms with Crippen LogP contribution in [0.5, 0.6) is 0 Å². The fourth-order valence-electron chi connectivity index (χ4n) is 2.00. The standard InChI is InChI=1S/C11H17ClN4O/c1-2-13-11-14-5-9(12)10(15-11)16-4-3-8(6-16)7-17/h5,8,17H,2-4,6-7H2,1H3,(H,13,14,15). The minimum Gasteiger partial charge on any atom is -0.396 e. The van der Waals surface area contributed by atoms with E-state index in [0.29, 0.717) is 16.9 Å².